The number of Topliss-reactive ketones (excluding diaryl/α,β-unsaturated/α-hetero) is 7. The molecule has 0 atom stereocenters. The minimum absolute atomic E-state index is 0.000378. The van der Waals surface area contributed by atoms with Gasteiger partial charge in [-0.1, -0.05) is 89.2 Å². The summed E-state index contributed by atoms with van der Waals surface area (Å²) < 4.78 is 7.06. The summed E-state index contributed by atoms with van der Waals surface area (Å²) >= 11 is 0. The number of benzene rings is 4. The van der Waals surface area contributed by atoms with Crippen LogP contribution in [-0.4, -0.2) is 119 Å². The molecule has 12 rings (SSSR count). The van der Waals surface area contributed by atoms with E-state index >= 15 is 0 Å². The van der Waals surface area contributed by atoms with Crippen LogP contribution in [0.5, 0.6) is 23.0 Å². The largest absolute Gasteiger partial charge is 0.508 e. The van der Waals surface area contributed by atoms with Crippen LogP contribution in [0.2, 0.25) is 0 Å². The Bertz CT molecular complexity index is 4750. The first-order chi connectivity index (χ1) is 48.5. The van der Waals surface area contributed by atoms with Crippen molar-refractivity contribution in [1.82, 2.24) is 39.3 Å². The van der Waals surface area contributed by atoms with Gasteiger partial charge in [-0.2, -0.15) is 0 Å². The number of nitrogens with one attached hydrogen (secondary N) is 4. The quantitative estimate of drug-likeness (QED) is 0.0370. The molecule has 0 bridgehead atoms. The van der Waals surface area contributed by atoms with E-state index in [-0.39, 0.29) is 96.1 Å². The van der Waals surface area contributed by atoms with Crippen molar-refractivity contribution in [2.45, 2.75) is 102 Å². The van der Waals surface area contributed by atoms with Gasteiger partial charge in [0.05, 0.1) is 53.7 Å². The molecule has 8 N–H and O–H groups in total. The number of H-pyrrole nitrogens is 3. The molecule has 0 unspecified atom stereocenters. The van der Waals surface area contributed by atoms with Crippen molar-refractivity contribution in [2.75, 3.05) is 18.5 Å². The first kappa shape index (κ1) is 75.2. The van der Waals surface area contributed by atoms with Crippen molar-refractivity contribution in [3.8, 4) is 23.0 Å². The highest BCUT2D eigenvalue weighted by Gasteiger charge is 2.29. The number of nitrogens with zero attached hydrogens (tertiary/aromatic N) is 5. The number of ketones is 7. The normalized spacial score (nSPS) is 11.6. The number of anilines is 1. The van der Waals surface area contributed by atoms with E-state index in [2.05, 4.69) is 40.2 Å². The first-order valence-corrected chi connectivity index (χ1v) is 33.2. The molecule has 0 aliphatic carbocycles. The second kappa shape index (κ2) is 31.2. The highest BCUT2D eigenvalue weighted by molar-refractivity contribution is 6.07. The second-order valence-electron chi connectivity index (χ2n) is 29.0. The smallest absolute Gasteiger partial charge is 0.255 e. The molecule has 0 spiro atoms. The van der Waals surface area contributed by atoms with Crippen LogP contribution in [0.3, 0.4) is 0 Å². The maximum Gasteiger partial charge on any atom is 0.255 e. The Morgan fingerprint density at radius 1 is 0.447 bits per heavy atom. The number of ether oxygens (including phenoxy) is 1. The fraction of sp³-hybridized carbons (Fsp3) is 0.259. The molecule has 103 heavy (non-hydrogen) atoms. The zero-order chi connectivity index (χ0) is 74.9. The molecule has 0 saturated heterocycles. The summed E-state index contributed by atoms with van der Waals surface area (Å²) in [6.45, 7) is 22.5. The molecule has 0 radical (unpaired) electrons. The molecule has 8 heterocycles. The number of rotatable bonds is 18. The maximum atomic E-state index is 12.4. The third-order valence-electron chi connectivity index (χ3n) is 16.1. The highest BCUT2D eigenvalue weighted by atomic mass is 16.5. The van der Waals surface area contributed by atoms with Crippen molar-refractivity contribution in [1.29, 1.82) is 0 Å². The minimum Gasteiger partial charge on any atom is -0.508 e. The Morgan fingerprint density at radius 2 is 0.893 bits per heavy atom. The number of amides is 1. The molecule has 1 amide bonds. The monoisotopic (exact) mass is 1390 g/mol. The number of aromatic nitrogens is 8. The molecule has 12 aromatic rings. The zero-order valence-corrected chi connectivity index (χ0v) is 59.5. The van der Waals surface area contributed by atoms with Gasteiger partial charge in [0, 0.05) is 97.2 Å². The van der Waals surface area contributed by atoms with Crippen molar-refractivity contribution in [3.63, 3.8) is 0 Å². The molecule has 22 nitrogen and oxygen atoms in total. The third kappa shape index (κ3) is 19.7. The molecule has 0 aliphatic rings. The molecular weight excluding hydrogens is 1310 g/mol. The number of aromatic hydroxyl groups is 3. The summed E-state index contributed by atoms with van der Waals surface area (Å²) in [5.41, 5.74) is 7.60. The lowest BCUT2D eigenvalue weighted by Gasteiger charge is -2.14. The van der Waals surface area contributed by atoms with Crippen molar-refractivity contribution < 1.29 is 63.5 Å². The molecule has 8 aromatic heterocycles. The molecule has 530 valence electrons. The average molecular weight is 1390 g/mol. The van der Waals surface area contributed by atoms with Crippen LogP contribution in [0.4, 0.5) is 5.69 Å². The predicted molar refractivity (Wildman–Crippen MR) is 394 cm³/mol. The van der Waals surface area contributed by atoms with E-state index in [0.717, 1.165) is 32.8 Å². The van der Waals surface area contributed by atoms with Crippen LogP contribution in [-0.2, 0) is 19.3 Å². The molecule has 4 aromatic carbocycles. The van der Waals surface area contributed by atoms with Gasteiger partial charge in [0.15, 0.2) is 40.5 Å². The summed E-state index contributed by atoms with van der Waals surface area (Å²) in [6.07, 6.45) is 8.96. The highest BCUT2D eigenvalue weighted by Crippen LogP contribution is 2.29. The summed E-state index contributed by atoms with van der Waals surface area (Å²) in [5, 5.41) is 41.9. The number of phenols is 3. The van der Waals surface area contributed by atoms with Gasteiger partial charge in [-0.15, -0.1) is 0 Å². The number of carbonyl (C=O) groups excluding carboxylic acids is 8. The van der Waals surface area contributed by atoms with Crippen molar-refractivity contribution >= 4 is 90.7 Å². The Morgan fingerprint density at radius 3 is 1.39 bits per heavy atom. The summed E-state index contributed by atoms with van der Waals surface area (Å²) in [4.78, 5) is 125. The van der Waals surface area contributed by atoms with Crippen molar-refractivity contribution in [3.05, 3.63) is 238 Å². The third-order valence-corrected chi connectivity index (χ3v) is 16.1. The number of aliphatic hydroxyl groups excluding tert-OH is 1. The van der Waals surface area contributed by atoms with Gasteiger partial charge >= 0.3 is 0 Å². The number of phenolic OH excluding ortho intramolecular Hbond substituents is 3. The Labute approximate surface area is 594 Å². The van der Waals surface area contributed by atoms with Crippen LogP contribution in [0.15, 0.2) is 177 Å². The van der Waals surface area contributed by atoms with E-state index in [1.807, 2.05) is 107 Å². The minimum atomic E-state index is -0.495. The van der Waals surface area contributed by atoms with Crippen LogP contribution >= 0.6 is 0 Å². The molecule has 0 aliphatic heterocycles. The van der Waals surface area contributed by atoms with Gasteiger partial charge in [0.1, 0.15) is 52.2 Å². The van der Waals surface area contributed by atoms with Gasteiger partial charge in [-0.3, -0.25) is 43.3 Å². The summed E-state index contributed by atoms with van der Waals surface area (Å²) in [7, 11) is 0. The number of fused-ring (bicyclic) bond motifs is 4. The first-order valence-electron chi connectivity index (χ1n) is 33.2. The van der Waals surface area contributed by atoms with E-state index in [4.69, 9.17) is 9.84 Å². The van der Waals surface area contributed by atoms with Crippen LogP contribution in [0.1, 0.15) is 183 Å². The van der Waals surface area contributed by atoms with E-state index in [1.165, 1.54) is 36.4 Å². The SMILES string of the molecule is CC(C)(C)C(=O)c1cc2cc(CC(=O)c3ccc(O)cc3)cnc2[nH]1.CC(C)(C)C(=O)c1cc2cc(CC(=O)c3ccc(O)cc3)ncc2[nH]1.CC(C)(C)C(=O)c1cc2cc(NC(=O)c3ccc(OCCO)cc3)cnc2[nH]1.CC(C)(C)C(=O)c1cn2cc(CC(=O)c3ccc(O)cc3)ccc2n1. The van der Waals surface area contributed by atoms with E-state index < -0.39 is 21.7 Å². The number of aliphatic hydroxyl groups is 1. The molecule has 22 heteroatoms. The van der Waals surface area contributed by atoms with Crippen LogP contribution in [0, 0.1) is 21.7 Å². The van der Waals surface area contributed by atoms with Gasteiger partial charge in [-0.25, -0.2) is 15.0 Å². The lowest BCUT2D eigenvalue weighted by molar-refractivity contribution is 0.0848. The number of hydrogen-bond acceptors (Lipinski definition) is 17. The van der Waals surface area contributed by atoms with E-state index in [1.54, 1.807) is 120 Å². The Hall–Kier alpha value is -12.0. The van der Waals surface area contributed by atoms with Crippen LogP contribution < -0.4 is 10.1 Å². The number of carbonyl (C=O) groups is 8. The lowest BCUT2D eigenvalue weighted by atomic mass is 9.89. The van der Waals surface area contributed by atoms with Gasteiger partial charge in [0.25, 0.3) is 5.91 Å². The maximum absolute atomic E-state index is 12.4. The zero-order valence-electron chi connectivity index (χ0n) is 59.5. The Kier molecular flexibility index (Phi) is 22.8. The number of imidazole rings is 1. The topological polar surface area (TPSA) is 342 Å². The number of hydrogen-bond donors (Lipinski definition) is 8. The number of aromatic amines is 3. The standard InChI is InChI=1S/C21H23N3O4.3C20H20N2O3/c1-21(2,3)18(26)17-11-14-10-15(12-22-19(14)24-17)23-20(27)13-4-6-16(7-5-13)28-9-8-25;1-20(2,3)19(25)16-12-22-11-13(4-9-18(22)21-16)10-17(24)14-5-7-15(23)8-6-14;1-20(2,3)18(25)16-10-14-8-12(11-21-19(14)22-16)9-17(24)13-4-6-15(23)7-5-13;1-20(2,3)19(25)16-9-13-8-14(21-11-17(13)22-16)10-18(24)12-4-6-15(23)7-5-12/h4-7,10-12,25H,8-9H2,1-3H3,(H,22,24)(H,23,27);4-9,11-12,23H,10H2,1-3H3;4-8,10-11,23H,9H2,1-3H3,(H,21,22);4-9,11,22-23H,10H2,1-3H3. The van der Waals surface area contributed by atoms with E-state index in [0.29, 0.717) is 79.1 Å². The summed E-state index contributed by atoms with van der Waals surface area (Å²) in [6, 6.07) is 39.6. The van der Waals surface area contributed by atoms with Gasteiger partial charge in [-0.05, 0) is 151 Å². The predicted octanol–water partition coefficient (Wildman–Crippen LogP) is 15.0. The van der Waals surface area contributed by atoms with E-state index in [9.17, 15) is 53.7 Å². The fourth-order valence-corrected chi connectivity index (χ4v) is 10.5. The second-order valence-corrected chi connectivity index (χ2v) is 29.0. The average Bonchev–Trinajstić information content (AvgIpc) is 1.31. The van der Waals surface area contributed by atoms with Gasteiger partial charge < -0.3 is 49.8 Å². The Balaban J connectivity index is 0.000000160. The number of pyridine rings is 4. The van der Waals surface area contributed by atoms with Crippen molar-refractivity contribution in [2.24, 2.45) is 21.7 Å². The molecule has 0 saturated carbocycles. The van der Waals surface area contributed by atoms with Gasteiger partial charge in [0.2, 0.25) is 0 Å². The molecule has 0 fully saturated rings. The summed E-state index contributed by atoms with van der Waals surface area (Å²) in [5.74, 6) is 0.556. The fourth-order valence-electron chi connectivity index (χ4n) is 10.5. The molecular formula is C81H83N9O13. The van der Waals surface area contributed by atoms with Crippen LogP contribution in [0.25, 0.3) is 38.6 Å². The lowest BCUT2D eigenvalue weighted by Crippen LogP contribution is -2.20.